The van der Waals surface area contributed by atoms with Gasteiger partial charge in [-0.2, -0.15) is 0 Å². The first kappa shape index (κ1) is 21.7. The summed E-state index contributed by atoms with van der Waals surface area (Å²) in [7, 11) is 0. The number of hydrogen-bond donors (Lipinski definition) is 1. The molecule has 0 bridgehead atoms. The predicted octanol–water partition coefficient (Wildman–Crippen LogP) is 2.44. The van der Waals surface area contributed by atoms with Crippen LogP contribution in [0.3, 0.4) is 0 Å². The topological polar surface area (TPSA) is 77.1 Å². The average Bonchev–Trinajstić information content (AvgIpc) is 2.67. The highest BCUT2D eigenvalue weighted by Gasteiger charge is 2.34. The Kier molecular flexibility index (Phi) is 6.55. The maximum absolute atomic E-state index is 15.3. The molecule has 2 aliphatic heterocycles. The van der Waals surface area contributed by atoms with Crippen molar-refractivity contribution in [1.82, 2.24) is 5.32 Å². The van der Waals surface area contributed by atoms with Crippen LogP contribution in [0.15, 0.2) is 12.1 Å². The molecule has 2 fully saturated rings. The van der Waals surface area contributed by atoms with Gasteiger partial charge in [0.15, 0.2) is 6.29 Å². The molecule has 2 atom stereocenters. The minimum absolute atomic E-state index is 0.0421. The Morgan fingerprint density at radius 2 is 2.00 bits per heavy atom. The van der Waals surface area contributed by atoms with Crippen molar-refractivity contribution in [3.63, 3.8) is 0 Å². The number of benzene rings is 1. The minimum atomic E-state index is -0.776. The fourth-order valence-corrected chi connectivity index (χ4v) is 3.48. The van der Waals surface area contributed by atoms with E-state index in [-0.39, 0.29) is 17.1 Å². The molecule has 2 heterocycles. The molecule has 1 aromatic rings. The van der Waals surface area contributed by atoms with E-state index in [2.05, 4.69) is 5.32 Å². The third-order valence-electron chi connectivity index (χ3n) is 4.98. The lowest BCUT2D eigenvalue weighted by molar-refractivity contribution is -0.226. The number of hydrogen-bond acceptors (Lipinski definition) is 6. The highest BCUT2D eigenvalue weighted by Crippen LogP contribution is 2.38. The zero-order valence-corrected chi connectivity index (χ0v) is 17.4. The van der Waals surface area contributed by atoms with Crippen molar-refractivity contribution in [3.05, 3.63) is 29.1 Å². The number of anilines is 1. The van der Waals surface area contributed by atoms with Gasteiger partial charge in [-0.3, -0.25) is 4.79 Å². The highest BCUT2D eigenvalue weighted by atomic mass is 19.1. The monoisotopic (exact) mass is 408 g/mol. The van der Waals surface area contributed by atoms with Crippen LogP contribution in [-0.4, -0.2) is 57.2 Å². The summed E-state index contributed by atoms with van der Waals surface area (Å²) in [5, 5.41) is 2.53. The second kappa shape index (κ2) is 8.77. The van der Waals surface area contributed by atoms with Crippen molar-refractivity contribution in [1.29, 1.82) is 0 Å². The lowest BCUT2D eigenvalue weighted by atomic mass is 9.95. The third-order valence-corrected chi connectivity index (χ3v) is 4.98. The number of nitrogens with zero attached hydrogens (tertiary/aromatic N) is 1. The minimum Gasteiger partial charge on any atom is -0.375 e. The predicted molar refractivity (Wildman–Crippen MR) is 105 cm³/mol. The molecule has 8 heteroatoms. The molecule has 2 aliphatic rings. The van der Waals surface area contributed by atoms with Gasteiger partial charge in [0.2, 0.25) is 0 Å². The Bertz CT molecular complexity index is 760. The maximum Gasteiger partial charge on any atom is 0.251 e. The van der Waals surface area contributed by atoms with Crippen LogP contribution in [0.2, 0.25) is 0 Å². The lowest BCUT2D eigenvalue weighted by Gasteiger charge is -2.38. The van der Waals surface area contributed by atoms with Gasteiger partial charge in [-0.05, 0) is 26.0 Å². The van der Waals surface area contributed by atoms with Crippen molar-refractivity contribution in [2.24, 2.45) is 5.41 Å². The molecule has 0 aromatic heterocycles. The number of rotatable bonds is 5. The van der Waals surface area contributed by atoms with E-state index in [9.17, 15) is 9.59 Å². The molecular formula is C21H29FN2O5. The van der Waals surface area contributed by atoms with Gasteiger partial charge in [-0.1, -0.05) is 13.8 Å². The van der Waals surface area contributed by atoms with Crippen molar-refractivity contribution < 1.29 is 28.2 Å². The fraction of sp³-hybridized carbons (Fsp3) is 0.619. The summed E-state index contributed by atoms with van der Waals surface area (Å²) >= 11 is 0. The molecule has 1 unspecified atom stereocenters. The fourth-order valence-electron chi connectivity index (χ4n) is 3.48. The van der Waals surface area contributed by atoms with E-state index in [4.69, 9.17) is 14.2 Å². The first-order chi connectivity index (χ1) is 13.7. The van der Waals surface area contributed by atoms with Gasteiger partial charge in [0.25, 0.3) is 5.91 Å². The van der Waals surface area contributed by atoms with E-state index in [1.165, 1.54) is 6.07 Å². The second-order valence-corrected chi connectivity index (χ2v) is 8.54. The summed E-state index contributed by atoms with van der Waals surface area (Å²) in [6.07, 6.45) is -0.199. The number of aldehydes is 1. The van der Waals surface area contributed by atoms with Gasteiger partial charge in [0.1, 0.15) is 12.1 Å². The molecule has 1 N–H and O–H groups in total. The second-order valence-electron chi connectivity index (χ2n) is 8.54. The van der Waals surface area contributed by atoms with Crippen molar-refractivity contribution in [2.75, 3.05) is 37.8 Å². The standard InChI is InChI=1S/C21H29FN2O5/c1-13(10-25)23-19(26)15-7-16(20-28-11-21(3,4)12-29-20)18(17(22)8-15)24-5-6-27-14(2)9-24/h7-8,10,13-14,20H,5-6,9,11-12H2,1-4H3,(H,23,26)/t13?,14-/m1/s1. The van der Waals surface area contributed by atoms with Crippen molar-refractivity contribution in [3.8, 4) is 0 Å². The first-order valence-electron chi connectivity index (χ1n) is 9.89. The van der Waals surface area contributed by atoms with Crippen LogP contribution in [0.1, 0.15) is 49.9 Å². The Balaban J connectivity index is 1.98. The number of amides is 1. The average molecular weight is 408 g/mol. The molecule has 0 aliphatic carbocycles. The summed E-state index contributed by atoms with van der Waals surface area (Å²) in [6, 6.07) is 2.12. The molecule has 1 amide bonds. The van der Waals surface area contributed by atoms with Crippen molar-refractivity contribution >= 4 is 17.9 Å². The van der Waals surface area contributed by atoms with Crippen LogP contribution < -0.4 is 10.2 Å². The maximum atomic E-state index is 15.3. The Labute approximate surface area is 170 Å². The van der Waals surface area contributed by atoms with Gasteiger partial charge in [-0.15, -0.1) is 0 Å². The van der Waals surface area contributed by atoms with E-state index >= 15 is 4.39 Å². The van der Waals surface area contributed by atoms with Gasteiger partial charge < -0.3 is 29.2 Å². The van der Waals surface area contributed by atoms with Crippen LogP contribution in [0.4, 0.5) is 10.1 Å². The third kappa shape index (κ3) is 5.12. The first-order valence-corrected chi connectivity index (χ1v) is 9.89. The molecule has 2 saturated heterocycles. The molecule has 160 valence electrons. The number of ether oxygens (including phenoxy) is 3. The van der Waals surface area contributed by atoms with Crippen molar-refractivity contribution in [2.45, 2.75) is 46.1 Å². The Hall–Kier alpha value is -2.03. The van der Waals surface area contributed by atoms with E-state index in [0.29, 0.717) is 50.4 Å². The van der Waals surface area contributed by atoms with E-state index in [0.717, 1.165) is 0 Å². The van der Waals surface area contributed by atoms with E-state index < -0.39 is 24.1 Å². The molecule has 7 nitrogen and oxygen atoms in total. The quantitative estimate of drug-likeness (QED) is 0.754. The molecule has 1 aromatic carbocycles. The SMILES string of the molecule is CC(C=O)NC(=O)c1cc(F)c(N2CCO[C@H](C)C2)c(C2OCC(C)(C)CO2)c1. The summed E-state index contributed by atoms with van der Waals surface area (Å²) in [6.45, 7) is 9.99. The summed E-state index contributed by atoms with van der Waals surface area (Å²) < 4.78 is 32.6. The van der Waals surface area contributed by atoms with Gasteiger partial charge in [-0.25, -0.2) is 4.39 Å². The number of carbonyl (C=O) groups is 2. The number of nitrogens with one attached hydrogen (secondary N) is 1. The molecule has 3 rings (SSSR count). The number of carbonyl (C=O) groups excluding carboxylic acids is 2. The number of halogens is 1. The van der Waals surface area contributed by atoms with Gasteiger partial charge >= 0.3 is 0 Å². The molecule has 0 radical (unpaired) electrons. The lowest BCUT2D eigenvalue weighted by Crippen LogP contribution is -2.43. The summed E-state index contributed by atoms with van der Waals surface area (Å²) in [5.74, 6) is -1.06. The Morgan fingerprint density at radius 3 is 2.62 bits per heavy atom. The van der Waals surface area contributed by atoms with E-state index in [1.807, 2.05) is 25.7 Å². The van der Waals surface area contributed by atoms with Crippen LogP contribution in [-0.2, 0) is 19.0 Å². The van der Waals surface area contributed by atoms with Gasteiger partial charge in [0.05, 0.1) is 37.7 Å². The van der Waals surface area contributed by atoms with Gasteiger partial charge in [0, 0.05) is 29.6 Å². The zero-order valence-electron chi connectivity index (χ0n) is 17.4. The van der Waals surface area contributed by atoms with Crippen LogP contribution in [0.5, 0.6) is 0 Å². The molecular weight excluding hydrogens is 379 g/mol. The van der Waals surface area contributed by atoms with E-state index in [1.54, 1.807) is 13.0 Å². The summed E-state index contributed by atoms with van der Waals surface area (Å²) in [4.78, 5) is 25.3. The smallest absolute Gasteiger partial charge is 0.251 e. The largest absolute Gasteiger partial charge is 0.375 e. The number of morpholine rings is 1. The normalized spacial score (nSPS) is 23.5. The summed E-state index contributed by atoms with van der Waals surface area (Å²) in [5.41, 5.74) is 0.813. The Morgan fingerprint density at radius 1 is 1.31 bits per heavy atom. The molecule has 0 saturated carbocycles. The molecule has 29 heavy (non-hydrogen) atoms. The van der Waals surface area contributed by atoms with Crippen LogP contribution in [0, 0.1) is 11.2 Å². The zero-order chi connectivity index (χ0) is 21.2. The molecule has 0 spiro atoms. The van der Waals surface area contributed by atoms with Crippen LogP contribution in [0.25, 0.3) is 0 Å². The highest BCUT2D eigenvalue weighted by molar-refractivity contribution is 5.96. The van der Waals surface area contributed by atoms with Crippen LogP contribution >= 0.6 is 0 Å².